The monoisotopic (exact) mass is 286 g/mol. The molecule has 0 aliphatic heterocycles. The Morgan fingerprint density at radius 3 is 1.80 bits per heavy atom. The standard InChI is InChI=1S/C13H7F5N2/c14-9-8(10(15)12(17)13(18)11(9)16)6-19-20-7-4-2-1-3-5-7/h1-6,20H. The van der Waals surface area contributed by atoms with Crippen molar-refractivity contribution in [1.29, 1.82) is 0 Å². The number of rotatable bonds is 3. The van der Waals surface area contributed by atoms with Gasteiger partial charge in [0, 0.05) is 0 Å². The number of hydrogen-bond acceptors (Lipinski definition) is 2. The second-order valence-electron chi connectivity index (χ2n) is 3.72. The van der Waals surface area contributed by atoms with Crippen LogP contribution in [-0.2, 0) is 0 Å². The molecule has 0 fully saturated rings. The Bertz CT molecular complexity index is 627. The Morgan fingerprint density at radius 2 is 1.25 bits per heavy atom. The summed E-state index contributed by atoms with van der Waals surface area (Å²) in [5.74, 6) is -10.1. The number of para-hydroxylation sites is 1. The first-order valence-corrected chi connectivity index (χ1v) is 5.38. The van der Waals surface area contributed by atoms with Crippen molar-refractivity contribution in [2.24, 2.45) is 5.10 Å². The predicted octanol–water partition coefficient (Wildman–Crippen LogP) is 3.83. The van der Waals surface area contributed by atoms with Gasteiger partial charge in [-0.25, -0.2) is 22.0 Å². The van der Waals surface area contributed by atoms with Crippen LogP contribution in [0.1, 0.15) is 5.56 Å². The van der Waals surface area contributed by atoms with Crippen molar-refractivity contribution in [3.8, 4) is 0 Å². The molecule has 2 aromatic rings. The van der Waals surface area contributed by atoms with Crippen LogP contribution in [0.5, 0.6) is 0 Å². The average molecular weight is 286 g/mol. The number of hydrogen-bond donors (Lipinski definition) is 1. The molecule has 0 atom stereocenters. The lowest BCUT2D eigenvalue weighted by Crippen LogP contribution is -2.07. The third-order valence-corrected chi connectivity index (χ3v) is 2.40. The van der Waals surface area contributed by atoms with Gasteiger partial charge in [-0.05, 0) is 12.1 Å². The zero-order valence-corrected chi connectivity index (χ0v) is 9.80. The fourth-order valence-corrected chi connectivity index (χ4v) is 1.42. The van der Waals surface area contributed by atoms with Gasteiger partial charge in [0.1, 0.15) is 0 Å². The smallest absolute Gasteiger partial charge is 0.200 e. The maximum Gasteiger partial charge on any atom is 0.200 e. The molecule has 0 spiro atoms. The number of anilines is 1. The van der Waals surface area contributed by atoms with Gasteiger partial charge in [0.05, 0.1) is 17.5 Å². The minimum absolute atomic E-state index is 0.493. The second kappa shape index (κ2) is 5.68. The minimum atomic E-state index is -2.20. The molecule has 0 bridgehead atoms. The maximum atomic E-state index is 13.3. The Kier molecular flexibility index (Phi) is 3.97. The lowest BCUT2D eigenvalue weighted by atomic mass is 10.2. The third-order valence-electron chi connectivity index (χ3n) is 2.40. The van der Waals surface area contributed by atoms with Gasteiger partial charge < -0.3 is 0 Å². The summed E-state index contributed by atoms with van der Waals surface area (Å²) in [4.78, 5) is 0. The van der Waals surface area contributed by atoms with E-state index in [0.717, 1.165) is 0 Å². The van der Waals surface area contributed by atoms with Gasteiger partial charge in [-0.1, -0.05) is 18.2 Å². The normalized spacial score (nSPS) is 11.1. The molecule has 0 aliphatic carbocycles. The second-order valence-corrected chi connectivity index (χ2v) is 3.72. The van der Waals surface area contributed by atoms with Gasteiger partial charge in [0.15, 0.2) is 23.3 Å². The number of nitrogens with one attached hydrogen (secondary N) is 1. The molecule has 7 heteroatoms. The van der Waals surface area contributed by atoms with E-state index in [1.165, 1.54) is 0 Å². The van der Waals surface area contributed by atoms with E-state index in [4.69, 9.17) is 0 Å². The van der Waals surface area contributed by atoms with Crippen LogP contribution < -0.4 is 5.43 Å². The van der Waals surface area contributed by atoms with Crippen LogP contribution in [0.25, 0.3) is 0 Å². The molecular formula is C13H7F5N2. The molecule has 0 unspecified atom stereocenters. The molecule has 0 saturated carbocycles. The summed E-state index contributed by atoms with van der Waals surface area (Å²) in [5, 5.41) is 3.43. The van der Waals surface area contributed by atoms with Crippen LogP contribution in [-0.4, -0.2) is 6.21 Å². The van der Waals surface area contributed by atoms with Crippen LogP contribution in [0.4, 0.5) is 27.6 Å². The fourth-order valence-electron chi connectivity index (χ4n) is 1.42. The highest BCUT2D eigenvalue weighted by molar-refractivity contribution is 5.81. The van der Waals surface area contributed by atoms with Crippen LogP contribution in [0.3, 0.4) is 0 Å². The molecular weight excluding hydrogens is 279 g/mol. The van der Waals surface area contributed by atoms with Crippen molar-refractivity contribution in [2.75, 3.05) is 5.43 Å². The van der Waals surface area contributed by atoms with Crippen molar-refractivity contribution in [3.05, 3.63) is 65.0 Å². The predicted molar refractivity (Wildman–Crippen MR) is 63.9 cm³/mol. The molecule has 0 aromatic heterocycles. The van der Waals surface area contributed by atoms with Crippen LogP contribution in [0.2, 0.25) is 0 Å². The van der Waals surface area contributed by atoms with Crippen molar-refractivity contribution >= 4 is 11.9 Å². The molecule has 0 heterocycles. The summed E-state index contributed by atoms with van der Waals surface area (Å²) in [7, 11) is 0. The lowest BCUT2D eigenvalue weighted by Gasteiger charge is -2.04. The van der Waals surface area contributed by atoms with Gasteiger partial charge in [0.2, 0.25) is 5.82 Å². The van der Waals surface area contributed by atoms with Crippen LogP contribution >= 0.6 is 0 Å². The lowest BCUT2D eigenvalue weighted by molar-refractivity contribution is 0.377. The molecule has 0 radical (unpaired) electrons. The largest absolute Gasteiger partial charge is 0.279 e. The zero-order valence-electron chi connectivity index (χ0n) is 9.80. The Labute approximate surface area is 110 Å². The van der Waals surface area contributed by atoms with Gasteiger partial charge in [-0.3, -0.25) is 5.43 Å². The molecule has 2 nitrogen and oxygen atoms in total. The highest BCUT2D eigenvalue weighted by atomic mass is 19.2. The average Bonchev–Trinajstić information content (AvgIpc) is 2.48. The first-order valence-electron chi connectivity index (χ1n) is 5.38. The van der Waals surface area contributed by atoms with E-state index < -0.39 is 34.6 Å². The first-order chi connectivity index (χ1) is 9.52. The van der Waals surface area contributed by atoms with Gasteiger partial charge in [0.25, 0.3) is 0 Å². The van der Waals surface area contributed by atoms with E-state index >= 15 is 0 Å². The SMILES string of the molecule is Fc1c(F)c(F)c(C=NNc2ccccc2)c(F)c1F. The number of benzene rings is 2. The number of nitrogens with zero attached hydrogens (tertiary/aromatic N) is 1. The van der Waals surface area contributed by atoms with E-state index in [1.807, 2.05) is 0 Å². The number of halogens is 5. The summed E-state index contributed by atoms with van der Waals surface area (Å²) in [5.41, 5.74) is 1.79. The summed E-state index contributed by atoms with van der Waals surface area (Å²) in [6.07, 6.45) is 0.531. The number of hydrazone groups is 1. The molecule has 2 rings (SSSR count). The topological polar surface area (TPSA) is 24.4 Å². The van der Waals surface area contributed by atoms with Crippen LogP contribution in [0.15, 0.2) is 35.4 Å². The Morgan fingerprint density at radius 1 is 0.750 bits per heavy atom. The summed E-state index contributed by atoms with van der Waals surface area (Å²) >= 11 is 0. The Hall–Kier alpha value is -2.44. The summed E-state index contributed by atoms with van der Waals surface area (Å²) < 4.78 is 65.2. The van der Waals surface area contributed by atoms with Crippen molar-refractivity contribution in [3.63, 3.8) is 0 Å². The third kappa shape index (κ3) is 2.61. The van der Waals surface area contributed by atoms with E-state index in [-0.39, 0.29) is 0 Å². The van der Waals surface area contributed by atoms with Gasteiger partial charge in [-0.2, -0.15) is 5.10 Å². The van der Waals surface area contributed by atoms with Crippen molar-refractivity contribution in [1.82, 2.24) is 0 Å². The highest BCUT2D eigenvalue weighted by Gasteiger charge is 2.24. The van der Waals surface area contributed by atoms with Crippen molar-refractivity contribution < 1.29 is 22.0 Å². The first kappa shape index (κ1) is 14.0. The van der Waals surface area contributed by atoms with E-state index in [1.54, 1.807) is 30.3 Å². The minimum Gasteiger partial charge on any atom is -0.279 e. The van der Waals surface area contributed by atoms with Crippen LogP contribution in [0, 0.1) is 29.1 Å². The molecule has 0 amide bonds. The highest BCUT2D eigenvalue weighted by Crippen LogP contribution is 2.21. The maximum absolute atomic E-state index is 13.3. The van der Waals surface area contributed by atoms with E-state index in [0.29, 0.717) is 11.9 Å². The van der Waals surface area contributed by atoms with Gasteiger partial charge >= 0.3 is 0 Å². The molecule has 0 aliphatic rings. The summed E-state index contributed by atoms with van der Waals surface area (Å²) in [6, 6.07) is 8.30. The molecule has 1 N–H and O–H groups in total. The fraction of sp³-hybridized carbons (Fsp3) is 0. The quantitative estimate of drug-likeness (QED) is 0.299. The molecule has 20 heavy (non-hydrogen) atoms. The molecule has 0 saturated heterocycles. The molecule has 104 valence electrons. The summed E-state index contributed by atoms with van der Waals surface area (Å²) in [6.45, 7) is 0. The van der Waals surface area contributed by atoms with E-state index in [2.05, 4.69) is 10.5 Å². The van der Waals surface area contributed by atoms with Crippen molar-refractivity contribution in [2.45, 2.75) is 0 Å². The van der Waals surface area contributed by atoms with E-state index in [9.17, 15) is 22.0 Å². The Balaban J connectivity index is 2.30. The van der Waals surface area contributed by atoms with Gasteiger partial charge in [-0.15, -0.1) is 0 Å². The zero-order chi connectivity index (χ0) is 14.7. The molecule has 2 aromatic carbocycles.